The number of nitrogens with zero attached hydrogens (tertiary/aromatic N) is 3. The largest absolute Gasteiger partial charge is 0.481 e. The molecule has 5 nitrogen and oxygen atoms in total. The molecule has 116 valence electrons. The van der Waals surface area contributed by atoms with Crippen molar-refractivity contribution in [3.63, 3.8) is 0 Å². The van der Waals surface area contributed by atoms with Crippen LogP contribution >= 0.6 is 0 Å². The van der Waals surface area contributed by atoms with E-state index in [-0.39, 0.29) is 11.5 Å². The van der Waals surface area contributed by atoms with Gasteiger partial charge in [0, 0.05) is 19.1 Å². The minimum Gasteiger partial charge on any atom is -0.481 e. The molecule has 4 rings (SSSR count). The second-order valence-electron chi connectivity index (χ2n) is 6.81. The summed E-state index contributed by atoms with van der Waals surface area (Å²) in [6, 6.07) is 6.28. The predicted octanol–water partition coefficient (Wildman–Crippen LogP) is 2.40. The Balaban J connectivity index is 1.61. The average molecular weight is 299 g/mol. The maximum atomic E-state index is 11.3. The summed E-state index contributed by atoms with van der Waals surface area (Å²) >= 11 is 0. The fourth-order valence-electron chi connectivity index (χ4n) is 3.99. The van der Waals surface area contributed by atoms with Crippen LogP contribution in [0.25, 0.3) is 11.0 Å². The lowest BCUT2D eigenvalue weighted by Gasteiger charge is -2.39. The zero-order valence-corrected chi connectivity index (χ0v) is 12.8. The molecule has 1 aliphatic heterocycles. The third-order valence-corrected chi connectivity index (χ3v) is 5.40. The van der Waals surface area contributed by atoms with Crippen LogP contribution in [-0.4, -0.2) is 37.6 Å². The van der Waals surface area contributed by atoms with Crippen LogP contribution in [0.2, 0.25) is 0 Å². The quantitative estimate of drug-likeness (QED) is 0.945. The summed E-state index contributed by atoms with van der Waals surface area (Å²) in [6.07, 6.45) is 5.70. The van der Waals surface area contributed by atoms with Crippen LogP contribution in [0.15, 0.2) is 24.5 Å². The van der Waals surface area contributed by atoms with Gasteiger partial charge in [-0.15, -0.1) is 0 Å². The number of carboxylic acids is 1. The van der Waals surface area contributed by atoms with Gasteiger partial charge in [0.15, 0.2) is 0 Å². The molecule has 2 aromatic rings. The summed E-state index contributed by atoms with van der Waals surface area (Å²) in [5.41, 5.74) is 3.66. The topological polar surface area (TPSA) is 58.4 Å². The number of piperidine rings is 1. The Morgan fingerprint density at radius 3 is 3.00 bits per heavy atom. The highest BCUT2D eigenvalue weighted by atomic mass is 16.4. The number of aliphatic carboxylic acids is 1. The molecule has 0 bridgehead atoms. The molecule has 2 heterocycles. The van der Waals surface area contributed by atoms with Crippen molar-refractivity contribution in [2.24, 2.45) is 13.0 Å². The number of likely N-dealkylation sites (tertiary alicyclic amines) is 1. The number of hydrogen-bond donors (Lipinski definition) is 1. The van der Waals surface area contributed by atoms with Gasteiger partial charge in [0.05, 0.1) is 23.3 Å². The summed E-state index contributed by atoms with van der Waals surface area (Å²) in [5, 5.41) is 9.29. The molecule has 5 heteroatoms. The van der Waals surface area contributed by atoms with Crippen LogP contribution in [0, 0.1) is 5.92 Å². The molecule has 2 aliphatic rings. The molecule has 1 unspecified atom stereocenters. The van der Waals surface area contributed by atoms with E-state index in [1.807, 2.05) is 19.4 Å². The molecule has 1 aromatic carbocycles. The Morgan fingerprint density at radius 1 is 1.45 bits per heavy atom. The van der Waals surface area contributed by atoms with E-state index in [0.717, 1.165) is 44.3 Å². The standard InChI is InChI=1S/C17H21N3O2/c1-19-11-18-14-4-2-3-13(15(14)19)10-20-8-5-12(16(21)22)9-17(20)6-7-17/h2-4,11-12H,5-10H2,1H3,(H,21,22). The number of aryl methyl sites for hydroxylation is 1. The minimum atomic E-state index is -0.625. The van der Waals surface area contributed by atoms with Gasteiger partial charge in [-0.3, -0.25) is 9.69 Å². The van der Waals surface area contributed by atoms with E-state index in [2.05, 4.69) is 26.6 Å². The predicted molar refractivity (Wildman–Crippen MR) is 83.4 cm³/mol. The molecule has 0 radical (unpaired) electrons. The first-order valence-electron chi connectivity index (χ1n) is 7.96. The second kappa shape index (κ2) is 4.81. The molecule has 1 N–H and O–H groups in total. The molecular formula is C17H21N3O2. The molecule has 2 fully saturated rings. The molecule has 1 spiro atoms. The lowest BCUT2D eigenvalue weighted by Crippen LogP contribution is -2.45. The Kier molecular flexibility index (Phi) is 3.01. The van der Waals surface area contributed by atoms with Gasteiger partial charge in [0.25, 0.3) is 0 Å². The van der Waals surface area contributed by atoms with E-state index < -0.39 is 5.97 Å². The minimum absolute atomic E-state index is 0.141. The lowest BCUT2D eigenvalue weighted by molar-refractivity contribution is -0.144. The zero-order valence-electron chi connectivity index (χ0n) is 12.8. The highest BCUT2D eigenvalue weighted by Gasteiger charge is 2.52. The summed E-state index contributed by atoms with van der Waals surface area (Å²) in [4.78, 5) is 18.2. The van der Waals surface area contributed by atoms with Gasteiger partial charge >= 0.3 is 5.97 Å². The maximum absolute atomic E-state index is 11.3. The zero-order chi connectivity index (χ0) is 15.3. The number of imidazole rings is 1. The smallest absolute Gasteiger partial charge is 0.306 e. The fourth-order valence-corrected chi connectivity index (χ4v) is 3.99. The van der Waals surface area contributed by atoms with Gasteiger partial charge in [-0.1, -0.05) is 12.1 Å². The van der Waals surface area contributed by atoms with E-state index in [9.17, 15) is 9.90 Å². The summed E-state index contributed by atoms with van der Waals surface area (Å²) in [6.45, 7) is 1.77. The third kappa shape index (κ3) is 2.11. The van der Waals surface area contributed by atoms with Gasteiger partial charge in [-0.2, -0.15) is 0 Å². The molecule has 22 heavy (non-hydrogen) atoms. The first kappa shape index (κ1) is 13.8. The van der Waals surface area contributed by atoms with E-state index in [0.29, 0.717) is 0 Å². The number of carboxylic acid groups (broad SMARTS) is 1. The number of hydrogen-bond acceptors (Lipinski definition) is 3. The number of para-hydroxylation sites is 1. The second-order valence-corrected chi connectivity index (χ2v) is 6.81. The fraction of sp³-hybridized carbons (Fsp3) is 0.529. The van der Waals surface area contributed by atoms with Crippen LogP contribution in [0.3, 0.4) is 0 Å². The first-order valence-corrected chi connectivity index (χ1v) is 7.96. The first-order chi connectivity index (χ1) is 10.6. The normalized spacial score (nSPS) is 24.0. The number of rotatable bonds is 3. The summed E-state index contributed by atoms with van der Waals surface area (Å²) < 4.78 is 2.08. The van der Waals surface area contributed by atoms with E-state index in [4.69, 9.17) is 0 Å². The van der Waals surface area contributed by atoms with Crippen LogP contribution in [-0.2, 0) is 18.4 Å². The van der Waals surface area contributed by atoms with Crippen molar-refractivity contribution < 1.29 is 9.90 Å². The summed E-state index contributed by atoms with van der Waals surface area (Å²) in [7, 11) is 2.03. The Labute approximate surface area is 129 Å². The number of benzene rings is 1. The Hall–Kier alpha value is -1.88. The monoisotopic (exact) mass is 299 g/mol. The van der Waals surface area contributed by atoms with Crippen molar-refractivity contribution in [2.45, 2.75) is 37.8 Å². The van der Waals surface area contributed by atoms with Gasteiger partial charge in [-0.25, -0.2) is 4.98 Å². The van der Waals surface area contributed by atoms with Gasteiger partial charge < -0.3 is 9.67 Å². The van der Waals surface area contributed by atoms with E-state index >= 15 is 0 Å². The van der Waals surface area contributed by atoms with Crippen molar-refractivity contribution >= 4 is 17.0 Å². The molecule has 1 saturated carbocycles. The van der Waals surface area contributed by atoms with Crippen molar-refractivity contribution in [1.29, 1.82) is 0 Å². The van der Waals surface area contributed by atoms with Crippen molar-refractivity contribution in [3.05, 3.63) is 30.1 Å². The number of fused-ring (bicyclic) bond motifs is 1. The molecule has 1 aromatic heterocycles. The van der Waals surface area contributed by atoms with Crippen LogP contribution < -0.4 is 0 Å². The summed E-state index contributed by atoms with van der Waals surface area (Å²) in [5.74, 6) is -0.786. The van der Waals surface area contributed by atoms with Gasteiger partial charge in [-0.05, 0) is 43.9 Å². The van der Waals surface area contributed by atoms with Crippen LogP contribution in [0.5, 0.6) is 0 Å². The van der Waals surface area contributed by atoms with Gasteiger partial charge in [0.2, 0.25) is 0 Å². The maximum Gasteiger partial charge on any atom is 0.306 e. The lowest BCUT2D eigenvalue weighted by atomic mass is 9.88. The van der Waals surface area contributed by atoms with Crippen LogP contribution in [0.1, 0.15) is 31.2 Å². The average Bonchev–Trinajstić information content (AvgIpc) is 3.16. The van der Waals surface area contributed by atoms with Gasteiger partial charge in [0.1, 0.15) is 0 Å². The van der Waals surface area contributed by atoms with E-state index in [1.54, 1.807) is 0 Å². The van der Waals surface area contributed by atoms with E-state index in [1.165, 1.54) is 11.1 Å². The van der Waals surface area contributed by atoms with Crippen molar-refractivity contribution in [1.82, 2.24) is 14.5 Å². The molecule has 1 saturated heterocycles. The SMILES string of the molecule is Cn1cnc2cccc(CN3CCC(C(=O)O)CC34CC4)c21. The highest BCUT2D eigenvalue weighted by molar-refractivity contribution is 5.79. The molecule has 1 aliphatic carbocycles. The van der Waals surface area contributed by atoms with Crippen molar-refractivity contribution in [3.8, 4) is 0 Å². The number of carbonyl (C=O) groups is 1. The Morgan fingerprint density at radius 2 is 2.27 bits per heavy atom. The Bertz CT molecular complexity index is 733. The van der Waals surface area contributed by atoms with Crippen LogP contribution in [0.4, 0.5) is 0 Å². The number of aromatic nitrogens is 2. The molecule has 1 atom stereocenters. The molecular weight excluding hydrogens is 278 g/mol. The van der Waals surface area contributed by atoms with Crippen molar-refractivity contribution in [2.75, 3.05) is 6.54 Å². The third-order valence-electron chi connectivity index (χ3n) is 5.40. The molecule has 0 amide bonds. The highest BCUT2D eigenvalue weighted by Crippen LogP contribution is 2.50.